The number of halogens is 5. The van der Waals surface area contributed by atoms with E-state index in [9.17, 15) is 26.0 Å². The molecule has 1 aromatic heterocycles. The summed E-state index contributed by atoms with van der Waals surface area (Å²) in [6, 6.07) is 2.58. The molecule has 0 aliphatic carbocycles. The molecule has 2 atom stereocenters. The van der Waals surface area contributed by atoms with Crippen LogP contribution in [0.25, 0.3) is 0 Å². The zero-order valence-corrected chi connectivity index (χ0v) is 12.7. The van der Waals surface area contributed by atoms with Gasteiger partial charge in [-0.05, 0) is 18.2 Å². The third kappa shape index (κ3) is 2.59. The minimum absolute atomic E-state index is 0.0233. The highest BCUT2D eigenvalue weighted by molar-refractivity contribution is 7.91. The van der Waals surface area contributed by atoms with Crippen molar-refractivity contribution < 1.29 is 26.0 Å². The van der Waals surface area contributed by atoms with Crippen molar-refractivity contribution >= 4 is 21.4 Å². The standard InChI is InChI=1S/C12H8ClF4N3O2S/c13-5-1-2-7(14)6(3-5)9-4-8(15)10-18-12(19-20(9)10)23(21,22)11(16)17/h1-3,8-9,11H,4H2/t8-,9-/m0/s1. The first-order chi connectivity index (χ1) is 10.7. The van der Waals surface area contributed by atoms with Crippen LogP contribution in [-0.4, -0.2) is 28.9 Å². The molecule has 1 aromatic carbocycles. The molecule has 2 aromatic rings. The van der Waals surface area contributed by atoms with Gasteiger partial charge < -0.3 is 0 Å². The maximum atomic E-state index is 14.0. The van der Waals surface area contributed by atoms with Crippen LogP contribution in [0.2, 0.25) is 5.02 Å². The van der Waals surface area contributed by atoms with Crippen LogP contribution in [-0.2, 0) is 9.84 Å². The highest BCUT2D eigenvalue weighted by Crippen LogP contribution is 2.41. The molecule has 0 amide bonds. The SMILES string of the molecule is O=S(=O)(c1nc2n(n1)[C@H](c1cc(Cl)ccc1F)C[C@@H]2F)C(F)F. The third-order valence-corrected chi connectivity index (χ3v) is 4.84. The minimum Gasteiger partial charge on any atom is -0.239 e. The first-order valence-corrected chi connectivity index (χ1v) is 8.21. The minimum atomic E-state index is -5.06. The van der Waals surface area contributed by atoms with Crippen LogP contribution in [0.15, 0.2) is 23.4 Å². The van der Waals surface area contributed by atoms with Crippen molar-refractivity contribution in [3.05, 3.63) is 40.4 Å². The maximum absolute atomic E-state index is 14.0. The van der Waals surface area contributed by atoms with E-state index in [1.165, 1.54) is 12.1 Å². The van der Waals surface area contributed by atoms with Crippen LogP contribution in [0.4, 0.5) is 17.6 Å². The Morgan fingerprint density at radius 3 is 2.70 bits per heavy atom. The van der Waals surface area contributed by atoms with Gasteiger partial charge in [-0.3, -0.25) is 0 Å². The first-order valence-electron chi connectivity index (χ1n) is 6.29. The van der Waals surface area contributed by atoms with Crippen molar-refractivity contribution in [2.24, 2.45) is 0 Å². The molecule has 2 heterocycles. The molecule has 0 N–H and O–H groups in total. The van der Waals surface area contributed by atoms with E-state index in [1.807, 2.05) is 0 Å². The Morgan fingerprint density at radius 2 is 2.04 bits per heavy atom. The van der Waals surface area contributed by atoms with Gasteiger partial charge in [0.05, 0.1) is 6.04 Å². The number of aromatic nitrogens is 3. The quantitative estimate of drug-likeness (QED) is 0.780. The summed E-state index contributed by atoms with van der Waals surface area (Å²) in [6.45, 7) is 0. The molecule has 1 aliphatic rings. The van der Waals surface area contributed by atoms with Crippen LogP contribution < -0.4 is 0 Å². The lowest BCUT2D eigenvalue weighted by Crippen LogP contribution is -2.15. The summed E-state index contributed by atoms with van der Waals surface area (Å²) in [5.41, 5.74) is -0.0233. The van der Waals surface area contributed by atoms with Gasteiger partial charge in [-0.15, -0.1) is 5.10 Å². The Hall–Kier alpha value is -1.68. The molecule has 0 fully saturated rings. The number of hydrogen-bond donors (Lipinski definition) is 0. The average Bonchev–Trinajstić information content (AvgIpc) is 3.03. The van der Waals surface area contributed by atoms with E-state index >= 15 is 0 Å². The van der Waals surface area contributed by atoms with Gasteiger partial charge >= 0.3 is 5.76 Å². The van der Waals surface area contributed by atoms with Crippen molar-refractivity contribution in [1.82, 2.24) is 14.8 Å². The Kier molecular flexibility index (Phi) is 3.83. The van der Waals surface area contributed by atoms with E-state index in [0.29, 0.717) is 0 Å². The highest BCUT2D eigenvalue weighted by Gasteiger charge is 2.40. The largest absolute Gasteiger partial charge is 0.344 e. The number of benzene rings is 1. The van der Waals surface area contributed by atoms with E-state index in [4.69, 9.17) is 11.6 Å². The van der Waals surface area contributed by atoms with Gasteiger partial charge in [0.2, 0.25) is 0 Å². The number of hydrogen-bond acceptors (Lipinski definition) is 4. The molecular weight excluding hydrogens is 362 g/mol. The normalized spacial score (nSPS) is 21.0. The predicted molar refractivity (Wildman–Crippen MR) is 71.2 cm³/mol. The summed E-state index contributed by atoms with van der Waals surface area (Å²) >= 11 is 5.78. The van der Waals surface area contributed by atoms with Gasteiger partial charge in [-0.1, -0.05) is 11.6 Å². The molecule has 124 valence electrons. The summed E-state index contributed by atoms with van der Waals surface area (Å²) < 4.78 is 76.7. The highest BCUT2D eigenvalue weighted by atomic mass is 35.5. The number of sulfone groups is 1. The number of alkyl halides is 3. The molecule has 0 spiro atoms. The molecule has 11 heteroatoms. The van der Waals surface area contributed by atoms with Crippen molar-refractivity contribution in [3.63, 3.8) is 0 Å². The second-order valence-corrected chi connectivity index (χ2v) is 7.14. The van der Waals surface area contributed by atoms with Gasteiger partial charge in [-0.25, -0.2) is 21.9 Å². The molecule has 0 saturated carbocycles. The van der Waals surface area contributed by atoms with E-state index in [1.54, 1.807) is 0 Å². The number of fused-ring (bicyclic) bond motifs is 1. The van der Waals surface area contributed by atoms with Crippen LogP contribution in [0.5, 0.6) is 0 Å². The Labute approximate surface area is 132 Å². The summed E-state index contributed by atoms with van der Waals surface area (Å²) in [5, 5.41) is 2.45. The average molecular weight is 370 g/mol. The van der Waals surface area contributed by atoms with Crippen molar-refractivity contribution in [2.45, 2.75) is 29.5 Å². The smallest absolute Gasteiger partial charge is 0.239 e. The van der Waals surface area contributed by atoms with Crippen molar-refractivity contribution in [3.8, 4) is 0 Å². The monoisotopic (exact) mass is 369 g/mol. The molecule has 1 aliphatic heterocycles. The summed E-state index contributed by atoms with van der Waals surface area (Å²) in [7, 11) is -5.06. The molecule has 0 unspecified atom stereocenters. The molecule has 3 rings (SSSR count). The molecule has 0 radical (unpaired) electrons. The van der Waals surface area contributed by atoms with E-state index < -0.39 is 44.6 Å². The van der Waals surface area contributed by atoms with E-state index in [0.717, 1.165) is 10.7 Å². The Bertz CT molecular complexity index is 871. The molecule has 0 saturated heterocycles. The number of nitrogens with zero attached hydrogens (tertiary/aromatic N) is 3. The Balaban J connectivity index is 2.11. The van der Waals surface area contributed by atoms with Gasteiger partial charge in [0.1, 0.15) is 5.82 Å². The van der Waals surface area contributed by atoms with Gasteiger partial charge in [0, 0.05) is 17.0 Å². The second-order valence-electron chi connectivity index (χ2n) is 4.89. The predicted octanol–water partition coefficient (Wildman–Crippen LogP) is 3.07. The second kappa shape index (κ2) is 5.45. The fourth-order valence-electron chi connectivity index (χ4n) is 2.39. The van der Waals surface area contributed by atoms with Gasteiger partial charge in [-0.2, -0.15) is 13.8 Å². The lowest BCUT2D eigenvalue weighted by atomic mass is 10.0. The fraction of sp³-hybridized carbons (Fsp3) is 0.333. The van der Waals surface area contributed by atoms with E-state index in [-0.39, 0.29) is 17.0 Å². The topological polar surface area (TPSA) is 64.8 Å². The first kappa shape index (κ1) is 16.2. The van der Waals surface area contributed by atoms with E-state index in [2.05, 4.69) is 10.1 Å². The summed E-state index contributed by atoms with van der Waals surface area (Å²) in [5.74, 6) is -4.87. The summed E-state index contributed by atoms with van der Waals surface area (Å²) in [6.07, 6.45) is -2.01. The zero-order chi connectivity index (χ0) is 16.9. The van der Waals surface area contributed by atoms with Crippen LogP contribution in [0.3, 0.4) is 0 Å². The molecular formula is C12H8ClF4N3O2S. The van der Waals surface area contributed by atoms with Gasteiger partial charge in [0.25, 0.3) is 15.0 Å². The lowest BCUT2D eigenvalue weighted by Gasteiger charge is -2.13. The lowest BCUT2D eigenvalue weighted by molar-refractivity contribution is 0.233. The Morgan fingerprint density at radius 1 is 1.35 bits per heavy atom. The van der Waals surface area contributed by atoms with Gasteiger partial charge in [0.15, 0.2) is 12.0 Å². The molecule has 23 heavy (non-hydrogen) atoms. The zero-order valence-electron chi connectivity index (χ0n) is 11.1. The van der Waals surface area contributed by atoms with Crippen LogP contribution in [0.1, 0.15) is 30.0 Å². The van der Waals surface area contributed by atoms with Crippen molar-refractivity contribution in [2.75, 3.05) is 0 Å². The van der Waals surface area contributed by atoms with Crippen molar-refractivity contribution in [1.29, 1.82) is 0 Å². The third-order valence-electron chi connectivity index (χ3n) is 3.45. The fourth-order valence-corrected chi connectivity index (χ4v) is 3.15. The summed E-state index contributed by atoms with van der Waals surface area (Å²) in [4.78, 5) is 3.35. The molecule has 5 nitrogen and oxygen atoms in total. The number of rotatable bonds is 3. The van der Waals surface area contributed by atoms with Crippen LogP contribution in [0, 0.1) is 5.82 Å². The van der Waals surface area contributed by atoms with Crippen LogP contribution >= 0.6 is 11.6 Å². The maximum Gasteiger partial charge on any atom is 0.344 e. The molecule has 0 bridgehead atoms.